The molecule has 0 saturated carbocycles. The molecule has 0 bridgehead atoms. The van der Waals surface area contributed by atoms with Crippen molar-refractivity contribution >= 4 is 17.5 Å². The molecule has 2 aromatic heterocycles. The molecule has 25 heavy (non-hydrogen) atoms. The molecule has 0 fully saturated rings. The van der Waals surface area contributed by atoms with Gasteiger partial charge in [-0.2, -0.15) is 0 Å². The average Bonchev–Trinajstić information content (AvgIpc) is 3.15. The van der Waals surface area contributed by atoms with E-state index in [4.69, 9.17) is 11.6 Å². The van der Waals surface area contributed by atoms with Gasteiger partial charge in [-0.25, -0.2) is 15.0 Å². The first kappa shape index (κ1) is 17.1. The van der Waals surface area contributed by atoms with E-state index >= 15 is 0 Å². The minimum absolute atomic E-state index is 0.125. The number of carbonyl (C=O) groups is 1. The van der Waals surface area contributed by atoms with Gasteiger partial charge >= 0.3 is 0 Å². The zero-order valence-electron chi connectivity index (χ0n) is 14.0. The number of nitrogens with one attached hydrogen (secondary N) is 1. The van der Waals surface area contributed by atoms with Gasteiger partial charge in [0.25, 0.3) is 5.91 Å². The second-order valence-corrected chi connectivity index (χ2v) is 6.31. The van der Waals surface area contributed by atoms with Crippen molar-refractivity contribution in [3.05, 3.63) is 71.3 Å². The standard InChI is InChI=1S/C18H18ClN5O/c1-12(2)17-21-10-15(19)16(23-17)18(25)22-9-13-3-5-14(6-4-13)24-8-7-20-11-24/h3-8,10-12H,9H2,1-2H3,(H,22,25). The molecule has 0 saturated heterocycles. The van der Waals surface area contributed by atoms with E-state index in [0.29, 0.717) is 12.4 Å². The molecule has 2 heterocycles. The summed E-state index contributed by atoms with van der Waals surface area (Å²) in [5.74, 6) is 0.409. The number of hydrogen-bond acceptors (Lipinski definition) is 4. The third kappa shape index (κ3) is 4.03. The van der Waals surface area contributed by atoms with Crippen molar-refractivity contribution in [2.45, 2.75) is 26.3 Å². The quantitative estimate of drug-likeness (QED) is 0.761. The molecule has 0 unspecified atom stereocenters. The van der Waals surface area contributed by atoms with Crippen LogP contribution in [0.15, 0.2) is 49.2 Å². The van der Waals surface area contributed by atoms with Crippen LogP contribution in [0.5, 0.6) is 0 Å². The third-order valence-electron chi connectivity index (χ3n) is 3.69. The van der Waals surface area contributed by atoms with E-state index in [2.05, 4.69) is 20.3 Å². The lowest BCUT2D eigenvalue weighted by molar-refractivity contribution is 0.0945. The first-order valence-corrected chi connectivity index (χ1v) is 8.30. The van der Waals surface area contributed by atoms with Gasteiger partial charge in [0.05, 0.1) is 17.5 Å². The number of amides is 1. The predicted molar refractivity (Wildman–Crippen MR) is 95.9 cm³/mol. The largest absolute Gasteiger partial charge is 0.347 e. The molecule has 1 amide bonds. The van der Waals surface area contributed by atoms with Gasteiger partial charge in [-0.3, -0.25) is 4.79 Å². The average molecular weight is 356 g/mol. The Kier molecular flexibility index (Phi) is 5.09. The normalized spacial score (nSPS) is 10.9. The van der Waals surface area contributed by atoms with Crippen LogP contribution < -0.4 is 5.32 Å². The van der Waals surface area contributed by atoms with Gasteiger partial charge in [0.1, 0.15) is 11.5 Å². The number of aromatic nitrogens is 4. The summed E-state index contributed by atoms with van der Waals surface area (Å²) >= 11 is 6.06. The molecule has 0 radical (unpaired) electrons. The number of benzene rings is 1. The summed E-state index contributed by atoms with van der Waals surface area (Å²) in [5, 5.41) is 3.09. The Morgan fingerprint density at radius 1 is 1.28 bits per heavy atom. The fraction of sp³-hybridized carbons (Fsp3) is 0.222. The Hall–Kier alpha value is -2.73. The fourth-order valence-electron chi connectivity index (χ4n) is 2.28. The zero-order valence-corrected chi connectivity index (χ0v) is 14.7. The molecule has 0 atom stereocenters. The second kappa shape index (κ2) is 7.44. The van der Waals surface area contributed by atoms with Gasteiger partial charge in [-0.05, 0) is 17.7 Å². The van der Waals surface area contributed by atoms with Gasteiger partial charge in [0.2, 0.25) is 0 Å². The zero-order chi connectivity index (χ0) is 17.8. The first-order valence-electron chi connectivity index (χ1n) is 7.92. The van der Waals surface area contributed by atoms with Crippen LogP contribution in [0.3, 0.4) is 0 Å². The SMILES string of the molecule is CC(C)c1ncc(Cl)c(C(=O)NCc2ccc(-n3ccnc3)cc2)n1. The molecule has 128 valence electrons. The van der Waals surface area contributed by atoms with E-state index in [-0.39, 0.29) is 22.5 Å². The fourth-order valence-corrected chi connectivity index (χ4v) is 2.46. The topological polar surface area (TPSA) is 72.7 Å². The maximum Gasteiger partial charge on any atom is 0.271 e. The monoisotopic (exact) mass is 355 g/mol. The van der Waals surface area contributed by atoms with Gasteiger partial charge in [0.15, 0.2) is 0 Å². The number of nitrogens with zero attached hydrogens (tertiary/aromatic N) is 4. The van der Waals surface area contributed by atoms with Crippen LogP contribution in [0.2, 0.25) is 5.02 Å². The van der Waals surface area contributed by atoms with Crippen LogP contribution in [0.4, 0.5) is 0 Å². The number of imidazole rings is 1. The summed E-state index contributed by atoms with van der Waals surface area (Å²) in [6, 6.07) is 7.85. The molecule has 0 aliphatic heterocycles. The van der Waals surface area contributed by atoms with E-state index in [9.17, 15) is 4.79 Å². The van der Waals surface area contributed by atoms with Crippen LogP contribution in [0.1, 0.15) is 41.6 Å². The highest BCUT2D eigenvalue weighted by molar-refractivity contribution is 6.33. The Morgan fingerprint density at radius 3 is 2.68 bits per heavy atom. The highest BCUT2D eigenvalue weighted by atomic mass is 35.5. The Balaban J connectivity index is 1.67. The molecular weight excluding hydrogens is 338 g/mol. The van der Waals surface area contributed by atoms with Crippen molar-refractivity contribution in [1.82, 2.24) is 24.8 Å². The predicted octanol–water partition coefficient (Wildman–Crippen LogP) is 3.37. The molecule has 7 heteroatoms. The summed E-state index contributed by atoms with van der Waals surface area (Å²) in [4.78, 5) is 24.8. The molecule has 0 spiro atoms. The lowest BCUT2D eigenvalue weighted by atomic mass is 10.2. The summed E-state index contributed by atoms with van der Waals surface area (Å²) in [6.07, 6.45) is 6.81. The van der Waals surface area contributed by atoms with Crippen molar-refractivity contribution in [3.8, 4) is 5.69 Å². The summed E-state index contributed by atoms with van der Waals surface area (Å²) in [7, 11) is 0. The van der Waals surface area contributed by atoms with Gasteiger partial charge in [-0.1, -0.05) is 37.6 Å². The molecule has 1 N–H and O–H groups in total. The van der Waals surface area contributed by atoms with Crippen molar-refractivity contribution in [3.63, 3.8) is 0 Å². The van der Waals surface area contributed by atoms with E-state index < -0.39 is 0 Å². The van der Waals surface area contributed by atoms with E-state index in [1.807, 2.05) is 48.9 Å². The molecule has 3 aromatic rings. The van der Waals surface area contributed by atoms with Crippen LogP contribution in [-0.2, 0) is 6.54 Å². The van der Waals surface area contributed by atoms with Crippen LogP contribution in [0, 0.1) is 0 Å². The number of rotatable bonds is 5. The van der Waals surface area contributed by atoms with Crippen molar-refractivity contribution in [2.75, 3.05) is 0 Å². The molecular formula is C18H18ClN5O. The summed E-state index contributed by atoms with van der Waals surface area (Å²) in [5.41, 5.74) is 2.19. The van der Waals surface area contributed by atoms with E-state index in [1.165, 1.54) is 6.20 Å². The van der Waals surface area contributed by atoms with Crippen LogP contribution in [-0.4, -0.2) is 25.4 Å². The Labute approximate surface area is 150 Å². The molecule has 3 rings (SSSR count). The Bertz CT molecular complexity index is 860. The first-order chi connectivity index (χ1) is 12.0. The van der Waals surface area contributed by atoms with Gasteiger partial charge in [0, 0.05) is 30.5 Å². The molecule has 6 nitrogen and oxygen atoms in total. The minimum Gasteiger partial charge on any atom is -0.347 e. The Morgan fingerprint density at radius 2 is 2.04 bits per heavy atom. The molecule has 0 aliphatic rings. The van der Waals surface area contributed by atoms with Crippen molar-refractivity contribution in [1.29, 1.82) is 0 Å². The molecule has 0 aliphatic carbocycles. The third-order valence-corrected chi connectivity index (χ3v) is 3.96. The minimum atomic E-state index is -0.312. The van der Waals surface area contributed by atoms with Gasteiger partial charge < -0.3 is 9.88 Å². The van der Waals surface area contributed by atoms with Crippen molar-refractivity contribution < 1.29 is 4.79 Å². The van der Waals surface area contributed by atoms with Crippen molar-refractivity contribution in [2.24, 2.45) is 0 Å². The van der Waals surface area contributed by atoms with Gasteiger partial charge in [-0.15, -0.1) is 0 Å². The van der Waals surface area contributed by atoms with Crippen LogP contribution in [0.25, 0.3) is 5.69 Å². The maximum absolute atomic E-state index is 12.4. The smallest absolute Gasteiger partial charge is 0.271 e. The lowest BCUT2D eigenvalue weighted by Crippen LogP contribution is -2.25. The maximum atomic E-state index is 12.4. The highest BCUT2D eigenvalue weighted by Gasteiger charge is 2.15. The lowest BCUT2D eigenvalue weighted by Gasteiger charge is -2.09. The van der Waals surface area contributed by atoms with E-state index in [0.717, 1.165) is 11.3 Å². The van der Waals surface area contributed by atoms with E-state index in [1.54, 1.807) is 12.5 Å². The van der Waals surface area contributed by atoms with Crippen LogP contribution >= 0.6 is 11.6 Å². The second-order valence-electron chi connectivity index (χ2n) is 5.90. The summed E-state index contributed by atoms with van der Waals surface area (Å²) in [6.45, 7) is 4.32. The number of carbonyl (C=O) groups excluding carboxylic acids is 1. The highest BCUT2D eigenvalue weighted by Crippen LogP contribution is 2.16. The molecule has 1 aromatic carbocycles. The number of hydrogen-bond donors (Lipinski definition) is 1. The number of halogens is 1. The summed E-state index contributed by atoms with van der Waals surface area (Å²) < 4.78 is 1.91.